The summed E-state index contributed by atoms with van der Waals surface area (Å²) in [6.07, 6.45) is 0.141. The van der Waals surface area contributed by atoms with Crippen LogP contribution in [0.1, 0.15) is 29.8 Å². The number of nitrogens with one attached hydrogen (secondary N) is 1. The van der Waals surface area contributed by atoms with Crippen molar-refractivity contribution in [3.8, 4) is 0 Å². The predicted molar refractivity (Wildman–Crippen MR) is 108 cm³/mol. The molecule has 0 aromatic heterocycles. The zero-order valence-corrected chi connectivity index (χ0v) is 17.0. The van der Waals surface area contributed by atoms with Gasteiger partial charge in [-0.15, -0.1) is 0 Å². The van der Waals surface area contributed by atoms with Gasteiger partial charge in [-0.3, -0.25) is 9.59 Å². The Morgan fingerprint density at radius 1 is 1.07 bits per heavy atom. The first kappa shape index (κ1) is 21.2. The zero-order chi connectivity index (χ0) is 20.0. The number of likely N-dealkylation sites (N-methyl/N-ethyl adjacent to an activating group) is 1. The topological polar surface area (TPSA) is 58.6 Å². The van der Waals surface area contributed by atoms with E-state index in [2.05, 4.69) is 5.32 Å². The van der Waals surface area contributed by atoms with Crippen molar-refractivity contribution in [2.45, 2.75) is 26.6 Å². The van der Waals surface area contributed by atoms with E-state index in [1.165, 1.54) is 4.90 Å². The van der Waals surface area contributed by atoms with E-state index in [0.29, 0.717) is 27.9 Å². The van der Waals surface area contributed by atoms with Gasteiger partial charge in [0, 0.05) is 12.6 Å². The highest BCUT2D eigenvalue weighted by atomic mass is 35.5. The van der Waals surface area contributed by atoms with Crippen LogP contribution in [-0.4, -0.2) is 36.4 Å². The van der Waals surface area contributed by atoms with Gasteiger partial charge in [-0.05, 0) is 43.7 Å². The third-order valence-corrected chi connectivity index (χ3v) is 4.37. The number of ether oxygens (including phenoxy) is 1. The fraction of sp³-hybridized carbons (Fsp3) is 0.300. The number of nitrogens with zero attached hydrogens (tertiary/aromatic N) is 1. The van der Waals surface area contributed by atoms with Crippen molar-refractivity contribution in [3.63, 3.8) is 0 Å². The van der Waals surface area contributed by atoms with Crippen LogP contribution in [0.5, 0.6) is 0 Å². The average Bonchev–Trinajstić information content (AvgIpc) is 2.63. The van der Waals surface area contributed by atoms with Gasteiger partial charge in [0.25, 0.3) is 5.91 Å². The minimum absolute atomic E-state index is 0.126. The van der Waals surface area contributed by atoms with Gasteiger partial charge in [0.2, 0.25) is 5.91 Å². The zero-order valence-electron chi connectivity index (χ0n) is 15.5. The van der Waals surface area contributed by atoms with E-state index in [9.17, 15) is 9.59 Å². The van der Waals surface area contributed by atoms with Crippen molar-refractivity contribution >= 4 is 40.7 Å². The molecular weight excluding hydrogens is 387 g/mol. The molecule has 27 heavy (non-hydrogen) atoms. The summed E-state index contributed by atoms with van der Waals surface area (Å²) in [6, 6.07) is 12.1. The molecule has 0 saturated carbocycles. The second-order valence-corrected chi connectivity index (χ2v) is 7.18. The largest absolute Gasteiger partial charge is 0.374 e. The number of para-hydroxylation sites is 1. The monoisotopic (exact) mass is 408 g/mol. The lowest BCUT2D eigenvalue weighted by Crippen LogP contribution is -2.35. The van der Waals surface area contributed by atoms with Crippen LogP contribution in [0.3, 0.4) is 0 Å². The summed E-state index contributed by atoms with van der Waals surface area (Å²) in [4.78, 5) is 26.1. The second-order valence-electron chi connectivity index (χ2n) is 6.36. The molecule has 0 radical (unpaired) electrons. The van der Waals surface area contributed by atoms with Crippen LogP contribution in [0.2, 0.25) is 10.0 Å². The molecule has 144 valence electrons. The SMILES string of the molecule is CC(C)OCc1ccc(C(=O)N(C)CC(=O)Nc2c(Cl)cccc2Cl)cc1. The van der Waals surface area contributed by atoms with Crippen LogP contribution in [0.25, 0.3) is 0 Å². The van der Waals surface area contributed by atoms with Crippen LogP contribution in [0.4, 0.5) is 5.69 Å². The highest BCUT2D eigenvalue weighted by molar-refractivity contribution is 6.39. The van der Waals surface area contributed by atoms with E-state index >= 15 is 0 Å². The number of amides is 2. The van der Waals surface area contributed by atoms with E-state index in [1.54, 1.807) is 37.4 Å². The fourth-order valence-corrected chi connectivity index (χ4v) is 2.80. The summed E-state index contributed by atoms with van der Waals surface area (Å²) in [5, 5.41) is 3.31. The van der Waals surface area contributed by atoms with Crippen molar-refractivity contribution in [3.05, 3.63) is 63.6 Å². The Morgan fingerprint density at radius 3 is 2.22 bits per heavy atom. The normalized spacial score (nSPS) is 10.7. The first-order valence-corrected chi connectivity index (χ1v) is 9.23. The van der Waals surface area contributed by atoms with Crippen LogP contribution < -0.4 is 5.32 Å². The number of halogens is 2. The first-order chi connectivity index (χ1) is 12.8. The molecular formula is C20H22Cl2N2O3. The molecule has 0 aliphatic carbocycles. The van der Waals surface area contributed by atoms with Gasteiger partial charge < -0.3 is 15.0 Å². The Bertz CT molecular complexity index is 787. The minimum Gasteiger partial charge on any atom is -0.374 e. The summed E-state index contributed by atoms with van der Waals surface area (Å²) >= 11 is 12.1. The summed E-state index contributed by atoms with van der Waals surface area (Å²) in [6.45, 7) is 4.29. The van der Waals surface area contributed by atoms with Crippen LogP contribution in [0, 0.1) is 0 Å². The van der Waals surface area contributed by atoms with E-state index in [4.69, 9.17) is 27.9 Å². The molecule has 2 amide bonds. The third kappa shape index (κ3) is 6.24. The summed E-state index contributed by atoms with van der Waals surface area (Å²) in [5.41, 5.74) is 1.81. The second kappa shape index (κ2) is 9.74. The molecule has 0 aliphatic rings. The average molecular weight is 409 g/mol. The lowest BCUT2D eigenvalue weighted by Gasteiger charge is -2.18. The van der Waals surface area contributed by atoms with Crippen LogP contribution in [0.15, 0.2) is 42.5 Å². The van der Waals surface area contributed by atoms with Crippen molar-refractivity contribution in [1.82, 2.24) is 4.90 Å². The lowest BCUT2D eigenvalue weighted by molar-refractivity contribution is -0.116. The molecule has 2 rings (SSSR count). The smallest absolute Gasteiger partial charge is 0.254 e. The number of anilines is 1. The number of hydrogen-bond donors (Lipinski definition) is 1. The molecule has 2 aromatic rings. The van der Waals surface area contributed by atoms with Gasteiger partial charge in [0.05, 0.1) is 35.0 Å². The fourth-order valence-electron chi connectivity index (χ4n) is 2.31. The molecule has 0 bridgehead atoms. The van der Waals surface area contributed by atoms with Crippen molar-refractivity contribution < 1.29 is 14.3 Å². The standard InChI is InChI=1S/C20H22Cl2N2O3/c1-13(2)27-12-14-7-9-15(10-8-14)20(26)24(3)11-18(25)23-19-16(21)5-4-6-17(19)22/h4-10,13H,11-12H2,1-3H3,(H,23,25). The van der Waals surface area contributed by atoms with E-state index < -0.39 is 0 Å². The van der Waals surface area contributed by atoms with Gasteiger partial charge in [-0.25, -0.2) is 0 Å². The first-order valence-electron chi connectivity index (χ1n) is 8.47. The molecule has 0 fully saturated rings. The van der Waals surface area contributed by atoms with E-state index in [1.807, 2.05) is 26.0 Å². The van der Waals surface area contributed by atoms with E-state index in [-0.39, 0.29) is 24.5 Å². The third-order valence-electron chi connectivity index (χ3n) is 3.74. The maximum absolute atomic E-state index is 12.5. The van der Waals surface area contributed by atoms with Crippen molar-refractivity contribution in [1.29, 1.82) is 0 Å². The number of hydrogen-bond acceptors (Lipinski definition) is 3. The Balaban J connectivity index is 1.95. The molecule has 0 heterocycles. The molecule has 0 aliphatic heterocycles. The molecule has 0 atom stereocenters. The molecule has 2 aromatic carbocycles. The van der Waals surface area contributed by atoms with Gasteiger partial charge in [0.15, 0.2) is 0 Å². The Hall–Kier alpha value is -2.08. The summed E-state index contributed by atoms with van der Waals surface area (Å²) in [7, 11) is 1.56. The molecule has 7 heteroatoms. The van der Waals surface area contributed by atoms with Crippen LogP contribution >= 0.6 is 23.2 Å². The van der Waals surface area contributed by atoms with Gasteiger partial charge >= 0.3 is 0 Å². The number of rotatable bonds is 7. The van der Waals surface area contributed by atoms with Crippen molar-refractivity contribution in [2.24, 2.45) is 0 Å². The number of carbonyl (C=O) groups excluding carboxylic acids is 2. The highest BCUT2D eigenvalue weighted by Gasteiger charge is 2.16. The van der Waals surface area contributed by atoms with Gasteiger partial charge in [-0.2, -0.15) is 0 Å². The minimum atomic E-state index is -0.386. The lowest BCUT2D eigenvalue weighted by atomic mass is 10.1. The quantitative estimate of drug-likeness (QED) is 0.726. The Labute approximate surface area is 169 Å². The number of carbonyl (C=O) groups is 2. The predicted octanol–water partition coefficient (Wildman–Crippen LogP) is 4.63. The van der Waals surface area contributed by atoms with Gasteiger partial charge in [-0.1, -0.05) is 41.4 Å². The molecule has 0 saturated heterocycles. The van der Waals surface area contributed by atoms with Gasteiger partial charge in [0.1, 0.15) is 0 Å². The molecule has 0 spiro atoms. The molecule has 1 N–H and O–H groups in total. The number of benzene rings is 2. The molecule has 0 unspecified atom stereocenters. The maximum atomic E-state index is 12.5. The highest BCUT2D eigenvalue weighted by Crippen LogP contribution is 2.29. The van der Waals surface area contributed by atoms with E-state index in [0.717, 1.165) is 5.56 Å². The van der Waals surface area contributed by atoms with Crippen molar-refractivity contribution in [2.75, 3.05) is 18.9 Å². The molecule has 5 nitrogen and oxygen atoms in total. The summed E-state index contributed by atoms with van der Waals surface area (Å²) < 4.78 is 5.53. The van der Waals surface area contributed by atoms with Crippen LogP contribution in [-0.2, 0) is 16.1 Å². The Kier molecular flexibility index (Phi) is 7.66. The maximum Gasteiger partial charge on any atom is 0.254 e. The summed E-state index contributed by atoms with van der Waals surface area (Å²) in [5.74, 6) is -0.644. The Morgan fingerprint density at radius 2 is 1.67 bits per heavy atom.